The molecule has 1 heterocycles. The van der Waals surface area contributed by atoms with E-state index in [0.717, 1.165) is 11.1 Å². The highest BCUT2D eigenvalue weighted by atomic mass is 35.5. The smallest absolute Gasteiger partial charge is 0.137 e. The molecule has 3 rings (SSSR count). The minimum Gasteiger partial charge on any atom is -0.241 e. The van der Waals surface area contributed by atoms with Crippen LogP contribution in [-0.2, 0) is 0 Å². The van der Waals surface area contributed by atoms with Crippen LogP contribution >= 0.6 is 11.6 Å². The van der Waals surface area contributed by atoms with Crippen LogP contribution in [0, 0.1) is 11.3 Å². The van der Waals surface area contributed by atoms with Crippen molar-refractivity contribution in [2.45, 2.75) is 6.04 Å². The highest BCUT2D eigenvalue weighted by molar-refractivity contribution is 6.30. The molecule has 1 unspecified atom stereocenters. The van der Waals surface area contributed by atoms with Gasteiger partial charge in [0.25, 0.3) is 0 Å². The lowest BCUT2D eigenvalue weighted by Crippen LogP contribution is -2.12. The van der Waals surface area contributed by atoms with Crippen LogP contribution in [0.15, 0.2) is 61.2 Å². The molecule has 0 spiro atoms. The van der Waals surface area contributed by atoms with Gasteiger partial charge in [0.2, 0.25) is 0 Å². The first kappa shape index (κ1) is 13.3. The fourth-order valence-corrected chi connectivity index (χ4v) is 2.36. The van der Waals surface area contributed by atoms with E-state index in [2.05, 4.69) is 16.2 Å². The summed E-state index contributed by atoms with van der Waals surface area (Å²) in [6.45, 7) is 0. The first-order valence-corrected chi connectivity index (χ1v) is 6.75. The maximum absolute atomic E-state index is 8.91. The number of halogens is 1. The molecule has 5 heteroatoms. The van der Waals surface area contributed by atoms with Gasteiger partial charge in [-0.05, 0) is 35.4 Å². The van der Waals surface area contributed by atoms with Gasteiger partial charge in [-0.1, -0.05) is 35.9 Å². The molecule has 0 saturated heterocycles. The SMILES string of the molecule is N#Cc1ccc(C(c2ccc(Cl)cc2)n2cncn2)cc1. The molecule has 102 valence electrons. The van der Waals surface area contributed by atoms with E-state index in [4.69, 9.17) is 16.9 Å². The summed E-state index contributed by atoms with van der Waals surface area (Å²) in [6.07, 6.45) is 3.18. The molecular weight excluding hydrogens is 284 g/mol. The van der Waals surface area contributed by atoms with Crippen molar-refractivity contribution >= 4 is 11.6 Å². The van der Waals surface area contributed by atoms with Gasteiger partial charge in [-0.25, -0.2) is 9.67 Å². The number of rotatable bonds is 3. The monoisotopic (exact) mass is 294 g/mol. The van der Waals surface area contributed by atoms with Crippen LogP contribution in [-0.4, -0.2) is 14.8 Å². The summed E-state index contributed by atoms with van der Waals surface area (Å²) in [6, 6.07) is 17.1. The zero-order chi connectivity index (χ0) is 14.7. The molecular formula is C16H11ClN4. The minimum absolute atomic E-state index is 0.0995. The molecule has 0 amide bonds. The topological polar surface area (TPSA) is 54.5 Å². The molecule has 2 aromatic carbocycles. The van der Waals surface area contributed by atoms with Crippen molar-refractivity contribution in [3.63, 3.8) is 0 Å². The van der Waals surface area contributed by atoms with Crippen LogP contribution in [0.3, 0.4) is 0 Å². The summed E-state index contributed by atoms with van der Waals surface area (Å²) in [4.78, 5) is 4.02. The Morgan fingerprint density at radius 3 is 2.14 bits per heavy atom. The Kier molecular flexibility index (Phi) is 3.67. The highest BCUT2D eigenvalue weighted by Crippen LogP contribution is 2.27. The van der Waals surface area contributed by atoms with Gasteiger partial charge >= 0.3 is 0 Å². The first-order valence-electron chi connectivity index (χ1n) is 6.37. The Morgan fingerprint density at radius 1 is 1.00 bits per heavy atom. The van der Waals surface area contributed by atoms with Crippen LogP contribution in [0.2, 0.25) is 5.02 Å². The summed E-state index contributed by atoms with van der Waals surface area (Å²) in [5.74, 6) is 0. The Hall–Kier alpha value is -2.64. The van der Waals surface area contributed by atoms with Crippen LogP contribution in [0.1, 0.15) is 22.7 Å². The van der Waals surface area contributed by atoms with Crippen LogP contribution in [0.5, 0.6) is 0 Å². The van der Waals surface area contributed by atoms with Gasteiger partial charge in [-0.15, -0.1) is 0 Å². The Balaban J connectivity index is 2.08. The molecule has 0 N–H and O–H groups in total. The van der Waals surface area contributed by atoms with E-state index in [1.54, 1.807) is 23.1 Å². The number of hydrogen-bond donors (Lipinski definition) is 0. The summed E-state index contributed by atoms with van der Waals surface area (Å²) < 4.78 is 1.78. The van der Waals surface area contributed by atoms with E-state index in [-0.39, 0.29) is 6.04 Å². The predicted octanol–water partition coefficient (Wildman–Crippen LogP) is 3.44. The van der Waals surface area contributed by atoms with E-state index in [9.17, 15) is 0 Å². The molecule has 4 nitrogen and oxygen atoms in total. The second-order valence-corrected chi connectivity index (χ2v) is 5.00. The molecule has 0 saturated carbocycles. The molecule has 0 aliphatic carbocycles. The van der Waals surface area contributed by atoms with Gasteiger partial charge in [-0.3, -0.25) is 0 Å². The molecule has 3 aromatic rings. The van der Waals surface area contributed by atoms with Crippen molar-refractivity contribution in [2.24, 2.45) is 0 Å². The van der Waals surface area contributed by atoms with Gasteiger partial charge in [0.15, 0.2) is 0 Å². The molecule has 21 heavy (non-hydrogen) atoms. The minimum atomic E-state index is -0.0995. The average molecular weight is 295 g/mol. The standard InChI is InChI=1S/C16H11ClN4/c17-15-7-5-14(6-8-15)16(21-11-19-10-20-21)13-3-1-12(9-18)2-4-13/h1-8,10-11,16H. The van der Waals surface area contributed by atoms with Crippen LogP contribution in [0.25, 0.3) is 0 Å². The molecule has 0 aliphatic heterocycles. The summed E-state index contributed by atoms with van der Waals surface area (Å²) in [5.41, 5.74) is 2.71. The van der Waals surface area contributed by atoms with Gasteiger partial charge in [0.1, 0.15) is 18.7 Å². The number of aromatic nitrogens is 3. The molecule has 0 aliphatic rings. The third-order valence-electron chi connectivity index (χ3n) is 3.24. The number of nitriles is 1. The van der Waals surface area contributed by atoms with E-state index in [1.807, 2.05) is 36.4 Å². The van der Waals surface area contributed by atoms with E-state index in [0.29, 0.717) is 10.6 Å². The number of benzene rings is 2. The lowest BCUT2D eigenvalue weighted by molar-refractivity contribution is 0.594. The van der Waals surface area contributed by atoms with Gasteiger partial charge in [0, 0.05) is 5.02 Å². The first-order chi connectivity index (χ1) is 10.3. The fraction of sp³-hybridized carbons (Fsp3) is 0.0625. The van der Waals surface area contributed by atoms with Crippen LogP contribution in [0.4, 0.5) is 0 Å². The Morgan fingerprint density at radius 2 is 1.62 bits per heavy atom. The molecule has 0 fully saturated rings. The highest BCUT2D eigenvalue weighted by Gasteiger charge is 2.17. The van der Waals surface area contributed by atoms with Gasteiger partial charge in [-0.2, -0.15) is 10.4 Å². The Bertz CT molecular complexity index is 756. The summed E-state index contributed by atoms with van der Waals surface area (Å²) >= 11 is 5.96. The van der Waals surface area contributed by atoms with Crippen molar-refractivity contribution in [1.29, 1.82) is 5.26 Å². The maximum Gasteiger partial charge on any atom is 0.137 e. The predicted molar refractivity (Wildman–Crippen MR) is 79.9 cm³/mol. The van der Waals surface area contributed by atoms with E-state index >= 15 is 0 Å². The Labute approximate surface area is 127 Å². The molecule has 0 radical (unpaired) electrons. The lowest BCUT2D eigenvalue weighted by atomic mass is 9.98. The zero-order valence-electron chi connectivity index (χ0n) is 11.0. The summed E-state index contributed by atoms with van der Waals surface area (Å²) in [7, 11) is 0. The van der Waals surface area contributed by atoms with Crippen molar-refractivity contribution in [3.8, 4) is 6.07 Å². The second-order valence-electron chi connectivity index (χ2n) is 4.56. The van der Waals surface area contributed by atoms with Gasteiger partial charge in [0.05, 0.1) is 11.6 Å². The average Bonchev–Trinajstić information content (AvgIpc) is 3.04. The van der Waals surface area contributed by atoms with E-state index in [1.165, 1.54) is 6.33 Å². The third kappa shape index (κ3) is 2.78. The van der Waals surface area contributed by atoms with E-state index < -0.39 is 0 Å². The molecule has 1 aromatic heterocycles. The molecule has 0 bridgehead atoms. The largest absolute Gasteiger partial charge is 0.241 e. The lowest BCUT2D eigenvalue weighted by Gasteiger charge is -2.18. The maximum atomic E-state index is 8.91. The third-order valence-corrected chi connectivity index (χ3v) is 3.49. The quantitative estimate of drug-likeness (QED) is 0.743. The van der Waals surface area contributed by atoms with Crippen LogP contribution < -0.4 is 0 Å². The molecule has 1 atom stereocenters. The van der Waals surface area contributed by atoms with Gasteiger partial charge < -0.3 is 0 Å². The summed E-state index contributed by atoms with van der Waals surface area (Å²) in [5, 5.41) is 13.8. The number of nitrogens with zero attached hydrogens (tertiary/aromatic N) is 4. The van der Waals surface area contributed by atoms with Crippen molar-refractivity contribution in [2.75, 3.05) is 0 Å². The van der Waals surface area contributed by atoms with Crippen molar-refractivity contribution in [3.05, 3.63) is 82.9 Å². The van der Waals surface area contributed by atoms with Crippen molar-refractivity contribution < 1.29 is 0 Å². The number of hydrogen-bond acceptors (Lipinski definition) is 3. The second kappa shape index (κ2) is 5.78. The normalized spacial score (nSPS) is 11.8. The zero-order valence-corrected chi connectivity index (χ0v) is 11.8. The van der Waals surface area contributed by atoms with Crippen molar-refractivity contribution in [1.82, 2.24) is 14.8 Å². The fourth-order valence-electron chi connectivity index (χ4n) is 2.23.